The Morgan fingerprint density at radius 3 is 2.56 bits per heavy atom. The van der Waals surface area contributed by atoms with Gasteiger partial charge in [-0.1, -0.05) is 12.0 Å². The van der Waals surface area contributed by atoms with Gasteiger partial charge in [0.2, 0.25) is 0 Å². The fourth-order valence-corrected chi connectivity index (χ4v) is 7.38. The molecule has 0 spiro atoms. The zero-order valence-electron chi connectivity index (χ0n) is 22.0. The number of nitrogens with zero attached hydrogens (tertiary/aromatic N) is 2. The monoisotopic (exact) mass is 538 g/mol. The SMILES string of the molecule is CN(C(=O)C#Cc1ccc(C(F)(F)F)cc1)[C@H]1CC[C@@]2(O)[C@H]3Cc4ccc(O)cc4[C@@]2(CCN3CC2CC2)C1. The van der Waals surface area contributed by atoms with E-state index in [0.717, 1.165) is 49.2 Å². The largest absolute Gasteiger partial charge is 0.508 e. The second-order valence-corrected chi connectivity index (χ2v) is 11.9. The summed E-state index contributed by atoms with van der Waals surface area (Å²) in [6.45, 7) is 1.88. The van der Waals surface area contributed by atoms with Crippen molar-refractivity contribution in [2.24, 2.45) is 5.92 Å². The van der Waals surface area contributed by atoms with E-state index < -0.39 is 28.7 Å². The van der Waals surface area contributed by atoms with E-state index in [4.69, 9.17) is 0 Å². The molecule has 2 aromatic rings. The third kappa shape index (κ3) is 4.50. The lowest BCUT2D eigenvalue weighted by Crippen LogP contribution is -2.74. The number of piperidine rings is 1. The van der Waals surface area contributed by atoms with Crippen molar-refractivity contribution in [3.63, 3.8) is 0 Å². The van der Waals surface area contributed by atoms with Gasteiger partial charge in [0.1, 0.15) is 5.75 Å². The van der Waals surface area contributed by atoms with E-state index in [2.05, 4.69) is 16.7 Å². The van der Waals surface area contributed by atoms with Gasteiger partial charge in [-0.3, -0.25) is 9.69 Å². The molecule has 8 heteroatoms. The lowest BCUT2D eigenvalue weighted by Gasteiger charge is -2.65. The number of phenolic OH excluding ortho intramolecular Hbond substituents is 1. The Morgan fingerprint density at radius 1 is 1.13 bits per heavy atom. The first-order chi connectivity index (χ1) is 18.5. The number of amides is 1. The van der Waals surface area contributed by atoms with Crippen LogP contribution >= 0.6 is 0 Å². The van der Waals surface area contributed by atoms with Gasteiger partial charge in [0.05, 0.1) is 11.2 Å². The van der Waals surface area contributed by atoms with E-state index in [9.17, 15) is 28.2 Å². The first-order valence-electron chi connectivity index (χ1n) is 13.7. The topological polar surface area (TPSA) is 64.0 Å². The van der Waals surface area contributed by atoms with Crippen molar-refractivity contribution in [3.8, 4) is 17.6 Å². The number of phenols is 1. The Bertz CT molecular complexity index is 1340. The molecule has 1 heterocycles. The summed E-state index contributed by atoms with van der Waals surface area (Å²) < 4.78 is 38.5. The maximum atomic E-state index is 13.1. The normalized spacial score (nSPS) is 30.0. The lowest BCUT2D eigenvalue weighted by atomic mass is 9.48. The number of carbonyl (C=O) groups is 1. The van der Waals surface area contributed by atoms with Crippen molar-refractivity contribution in [3.05, 3.63) is 64.7 Å². The minimum Gasteiger partial charge on any atom is -0.508 e. The molecule has 1 amide bonds. The lowest BCUT2D eigenvalue weighted by molar-refractivity contribution is -0.177. The highest BCUT2D eigenvalue weighted by Crippen LogP contribution is 2.59. The summed E-state index contributed by atoms with van der Waals surface area (Å²) in [7, 11) is 1.71. The molecule has 39 heavy (non-hydrogen) atoms. The Morgan fingerprint density at radius 2 is 1.87 bits per heavy atom. The standard InChI is InChI=1S/C31H33F3N2O3/c1-35(28(38)11-6-20-4-8-23(9-5-20)31(32,33)34)24-12-13-30(39)27-16-22-7-10-25(37)17-26(22)29(30,18-24)14-15-36(27)19-21-2-3-21/h4-5,7-10,17,21,24,27,37,39H,2-3,12-16,18-19H2,1H3/t24-,27+,29+,30+/m0/s1. The molecule has 2 bridgehead atoms. The summed E-state index contributed by atoms with van der Waals surface area (Å²) >= 11 is 0. The van der Waals surface area contributed by atoms with Gasteiger partial charge in [-0.25, -0.2) is 0 Å². The number of hydrogen-bond donors (Lipinski definition) is 2. The van der Waals surface area contributed by atoms with Crippen molar-refractivity contribution in [2.75, 3.05) is 20.1 Å². The molecule has 5 nitrogen and oxygen atoms in total. The number of benzene rings is 2. The minimum atomic E-state index is -4.42. The second kappa shape index (κ2) is 9.28. The van der Waals surface area contributed by atoms with Crippen LogP contribution in [0, 0.1) is 17.8 Å². The van der Waals surface area contributed by atoms with Crippen LogP contribution in [-0.2, 0) is 22.8 Å². The van der Waals surface area contributed by atoms with Crippen LogP contribution in [0.4, 0.5) is 13.2 Å². The van der Waals surface area contributed by atoms with Gasteiger partial charge >= 0.3 is 6.18 Å². The average molecular weight is 539 g/mol. The Labute approximate surface area is 226 Å². The highest BCUT2D eigenvalue weighted by molar-refractivity contribution is 5.94. The van der Waals surface area contributed by atoms with E-state index >= 15 is 0 Å². The molecule has 0 aromatic heterocycles. The van der Waals surface area contributed by atoms with Crippen LogP contribution in [0.25, 0.3) is 0 Å². The first-order valence-corrected chi connectivity index (χ1v) is 13.7. The Hall–Kier alpha value is -3.02. The van der Waals surface area contributed by atoms with Gasteiger partial charge < -0.3 is 15.1 Å². The van der Waals surface area contributed by atoms with E-state index in [1.165, 1.54) is 25.0 Å². The molecule has 6 rings (SSSR count). The summed E-state index contributed by atoms with van der Waals surface area (Å²) in [4.78, 5) is 17.2. The van der Waals surface area contributed by atoms with Crippen LogP contribution in [0.5, 0.6) is 5.75 Å². The fourth-order valence-electron chi connectivity index (χ4n) is 7.38. The molecule has 1 saturated heterocycles. The number of alkyl halides is 3. The van der Waals surface area contributed by atoms with Crippen molar-refractivity contribution < 1.29 is 28.2 Å². The smallest absolute Gasteiger partial charge is 0.416 e. The van der Waals surface area contributed by atoms with Crippen LogP contribution in [0.1, 0.15) is 60.8 Å². The van der Waals surface area contributed by atoms with E-state index in [-0.39, 0.29) is 17.8 Å². The number of halogens is 3. The second-order valence-electron chi connectivity index (χ2n) is 11.9. The quantitative estimate of drug-likeness (QED) is 0.566. The van der Waals surface area contributed by atoms with Gasteiger partial charge in [0.15, 0.2) is 0 Å². The molecule has 2 aromatic carbocycles. The number of likely N-dealkylation sites (tertiary alicyclic amines) is 1. The predicted octanol–water partition coefficient (Wildman–Crippen LogP) is 4.48. The van der Waals surface area contributed by atoms with E-state index in [1.807, 2.05) is 12.1 Å². The van der Waals surface area contributed by atoms with Crippen LogP contribution in [0.2, 0.25) is 0 Å². The summed E-state index contributed by atoms with van der Waals surface area (Å²) in [5.41, 5.74) is 0.193. The number of carbonyl (C=O) groups excluding carboxylic acids is 1. The van der Waals surface area contributed by atoms with Crippen LogP contribution in [-0.4, -0.2) is 63.7 Å². The van der Waals surface area contributed by atoms with Gasteiger partial charge in [0.25, 0.3) is 5.91 Å². The van der Waals surface area contributed by atoms with Gasteiger partial charge in [-0.2, -0.15) is 13.2 Å². The third-order valence-electron chi connectivity index (χ3n) is 9.70. The predicted molar refractivity (Wildman–Crippen MR) is 140 cm³/mol. The number of fused-ring (bicyclic) bond motifs is 1. The summed E-state index contributed by atoms with van der Waals surface area (Å²) in [5, 5.41) is 22.8. The fraction of sp³-hybridized carbons (Fsp3) is 0.516. The highest BCUT2D eigenvalue weighted by Gasteiger charge is 2.65. The van der Waals surface area contributed by atoms with Crippen molar-refractivity contribution >= 4 is 5.91 Å². The highest BCUT2D eigenvalue weighted by atomic mass is 19.4. The Balaban J connectivity index is 1.26. The maximum Gasteiger partial charge on any atom is 0.416 e. The molecule has 0 unspecified atom stereocenters. The number of hydrogen-bond acceptors (Lipinski definition) is 4. The first kappa shape index (κ1) is 26.2. The number of rotatable bonds is 3. The van der Waals surface area contributed by atoms with Crippen molar-refractivity contribution in [1.82, 2.24) is 9.80 Å². The van der Waals surface area contributed by atoms with Crippen molar-refractivity contribution in [1.29, 1.82) is 0 Å². The maximum absolute atomic E-state index is 13.1. The van der Waals surface area contributed by atoms with E-state index in [0.29, 0.717) is 30.7 Å². The summed E-state index contributed by atoms with van der Waals surface area (Å²) in [6.07, 6.45) is 1.31. The molecule has 206 valence electrons. The molecule has 1 aliphatic heterocycles. The van der Waals surface area contributed by atoms with Gasteiger partial charge in [-0.05, 0) is 105 Å². The third-order valence-corrected chi connectivity index (χ3v) is 9.70. The molecule has 4 atom stereocenters. The van der Waals surface area contributed by atoms with E-state index in [1.54, 1.807) is 18.0 Å². The van der Waals surface area contributed by atoms with Crippen LogP contribution < -0.4 is 0 Å². The Kier molecular flexibility index (Phi) is 6.24. The molecular weight excluding hydrogens is 505 g/mol. The molecule has 2 N–H and O–H groups in total. The van der Waals surface area contributed by atoms with Gasteiger partial charge in [-0.15, -0.1) is 0 Å². The number of aromatic hydroxyl groups is 1. The molecule has 3 aliphatic carbocycles. The minimum absolute atomic E-state index is 0.00492. The zero-order chi connectivity index (χ0) is 27.6. The summed E-state index contributed by atoms with van der Waals surface area (Å²) in [5.74, 6) is 5.79. The van der Waals surface area contributed by atoms with Crippen LogP contribution in [0.3, 0.4) is 0 Å². The number of aliphatic hydroxyl groups is 1. The molecule has 3 fully saturated rings. The molecule has 4 aliphatic rings. The van der Waals surface area contributed by atoms with Crippen LogP contribution in [0.15, 0.2) is 42.5 Å². The van der Waals surface area contributed by atoms with Gasteiger partial charge in [0, 0.05) is 42.6 Å². The average Bonchev–Trinajstić information content (AvgIpc) is 3.72. The zero-order valence-corrected chi connectivity index (χ0v) is 22.0. The summed E-state index contributed by atoms with van der Waals surface area (Å²) in [6, 6.07) is 9.80. The van der Waals surface area contributed by atoms with Crippen molar-refractivity contribution in [2.45, 2.75) is 74.2 Å². The molecule has 0 radical (unpaired) electrons. The molecular formula is C31H33F3N2O3. The molecule has 2 saturated carbocycles.